The minimum atomic E-state index is 1.39. The molecule has 9 heterocycles. The van der Waals surface area contributed by atoms with Crippen LogP contribution in [0.4, 0.5) is 0 Å². The standard InChI is InChI=1S/C6H6.3C5H5N.3C4H4N2.3C3H3N3/c4*1-2-4-6-5-3-1;3*1-2-5-4-6-3-1;1-4-2-6-3-5-1;2*1-2-5-6-3-4-1/h1-6H;3*1-5H;3*1-4H;3*1-3H. The first-order valence-electron chi connectivity index (χ1n) is 17.3. The lowest BCUT2D eigenvalue weighted by atomic mass is 10.4. The first-order chi connectivity index (χ1) is 30.0. The molecule has 0 N–H and O–H groups in total. The highest BCUT2D eigenvalue weighted by Gasteiger charge is 1.64. The van der Waals surface area contributed by atoms with E-state index in [0.29, 0.717) is 0 Å². The molecule has 0 bridgehead atoms. The SMILES string of the molecule is c1ccccc1.c1ccncc1.c1ccncc1.c1ccncc1.c1cncnc1.c1cncnc1.c1cncnc1.c1cnncn1.c1cnncn1.c1ncncn1. The van der Waals surface area contributed by atoms with Crippen LogP contribution in [0.2, 0.25) is 0 Å². The van der Waals surface area contributed by atoms with Crippen LogP contribution < -0.4 is 0 Å². The largest absolute Gasteiger partial charge is 0.265 e. The van der Waals surface area contributed by atoms with Crippen molar-refractivity contribution < 1.29 is 0 Å². The summed E-state index contributed by atoms with van der Waals surface area (Å²) >= 11 is 0. The predicted octanol–water partition coefficient (Wildman–Crippen LogP) is 5.98. The molecule has 18 heteroatoms. The maximum Gasteiger partial charge on any atom is 0.138 e. The van der Waals surface area contributed by atoms with Crippen LogP contribution in [0.1, 0.15) is 0 Å². The molecule has 0 aliphatic heterocycles. The summed E-state index contributed by atoms with van der Waals surface area (Å²) in [6.45, 7) is 0. The van der Waals surface area contributed by atoms with Gasteiger partial charge in [0.05, 0.1) is 12.4 Å². The third kappa shape index (κ3) is 43.3. The lowest BCUT2D eigenvalue weighted by Gasteiger charge is -1.70. The van der Waals surface area contributed by atoms with Crippen LogP contribution in [-0.2, 0) is 0 Å². The third-order valence-electron chi connectivity index (χ3n) is 5.01. The van der Waals surface area contributed by atoms with Gasteiger partial charge in [-0.15, -0.1) is 10.2 Å². The minimum absolute atomic E-state index is 1.39. The maximum absolute atomic E-state index is 3.78. The topological polar surface area (TPSA) is 232 Å². The molecule has 1 aromatic carbocycles. The van der Waals surface area contributed by atoms with E-state index >= 15 is 0 Å². The van der Waals surface area contributed by atoms with Gasteiger partial charge in [-0.1, -0.05) is 54.6 Å². The van der Waals surface area contributed by atoms with Gasteiger partial charge >= 0.3 is 0 Å². The Labute approximate surface area is 348 Å². The van der Waals surface area contributed by atoms with Gasteiger partial charge in [0.1, 0.15) is 50.6 Å². The summed E-state index contributed by atoms with van der Waals surface area (Å²) < 4.78 is 0. The zero-order chi connectivity index (χ0) is 42.4. The van der Waals surface area contributed by atoms with Gasteiger partial charge in [0, 0.05) is 86.8 Å². The maximum atomic E-state index is 3.78. The molecular formula is C42H42N18. The normalized spacial score (nSPS) is 8.00. The molecule has 300 valence electrons. The Bertz CT molecular complexity index is 1300. The van der Waals surface area contributed by atoms with E-state index in [1.54, 1.807) is 105 Å². The molecule has 0 unspecified atom stereocenters. The van der Waals surface area contributed by atoms with E-state index in [0.717, 1.165) is 0 Å². The Hall–Kier alpha value is -9.06. The quantitative estimate of drug-likeness (QED) is 0.172. The van der Waals surface area contributed by atoms with E-state index in [1.165, 1.54) is 63.0 Å². The fourth-order valence-corrected chi connectivity index (χ4v) is 2.70. The Morgan fingerprint density at radius 1 is 0.117 bits per heavy atom. The third-order valence-corrected chi connectivity index (χ3v) is 5.01. The first kappa shape index (κ1) is 49.0. The molecule has 0 aliphatic carbocycles. The number of rotatable bonds is 0. The molecule has 0 atom stereocenters. The van der Waals surface area contributed by atoms with Crippen LogP contribution in [-0.4, -0.2) is 90.2 Å². The zero-order valence-corrected chi connectivity index (χ0v) is 32.3. The number of hydrogen-bond acceptors (Lipinski definition) is 18. The molecule has 0 fully saturated rings. The molecule has 0 radical (unpaired) electrons. The fourth-order valence-electron chi connectivity index (χ4n) is 2.70. The lowest BCUT2D eigenvalue weighted by molar-refractivity contribution is 0.969. The summed E-state index contributed by atoms with van der Waals surface area (Å²) in [4.78, 5) is 51.3. The minimum Gasteiger partial charge on any atom is -0.265 e. The summed E-state index contributed by atoms with van der Waals surface area (Å²) in [5.41, 5.74) is 0. The van der Waals surface area contributed by atoms with Crippen molar-refractivity contribution in [3.63, 3.8) is 0 Å². The smallest absolute Gasteiger partial charge is 0.138 e. The summed E-state index contributed by atoms with van der Waals surface area (Å²) in [5, 5.41) is 13.8. The lowest BCUT2D eigenvalue weighted by Crippen LogP contribution is -1.75. The fraction of sp³-hybridized carbons (Fsp3) is 0. The van der Waals surface area contributed by atoms with Crippen molar-refractivity contribution in [2.75, 3.05) is 0 Å². The van der Waals surface area contributed by atoms with Crippen molar-refractivity contribution in [1.82, 2.24) is 90.2 Å². The highest BCUT2D eigenvalue weighted by molar-refractivity contribution is 4.99. The Kier molecular flexibility index (Phi) is 37.6. The van der Waals surface area contributed by atoms with Crippen molar-refractivity contribution >= 4 is 0 Å². The van der Waals surface area contributed by atoms with E-state index in [9.17, 15) is 0 Å². The number of hydrogen-bond donors (Lipinski definition) is 0. The highest BCUT2D eigenvalue weighted by Crippen LogP contribution is 1.80. The first-order valence-corrected chi connectivity index (χ1v) is 17.3. The monoisotopic (exact) mass is 798 g/mol. The molecule has 10 aromatic rings. The van der Waals surface area contributed by atoms with Crippen LogP contribution in [0, 0.1) is 0 Å². The molecule has 0 amide bonds. The number of benzene rings is 1. The number of nitrogens with zero attached hydrogens (tertiary/aromatic N) is 18. The van der Waals surface area contributed by atoms with Crippen LogP contribution in [0.3, 0.4) is 0 Å². The second-order valence-corrected chi connectivity index (χ2v) is 9.32. The van der Waals surface area contributed by atoms with Gasteiger partial charge < -0.3 is 0 Å². The van der Waals surface area contributed by atoms with Crippen molar-refractivity contribution in [2.24, 2.45) is 0 Å². The summed E-state index contributed by atoms with van der Waals surface area (Å²) in [6.07, 6.45) is 38.4. The van der Waals surface area contributed by atoms with Gasteiger partial charge in [-0.3, -0.25) is 15.0 Å². The molecule has 10 rings (SSSR count). The van der Waals surface area contributed by atoms with E-state index in [2.05, 4.69) is 90.2 Å². The van der Waals surface area contributed by atoms with E-state index in [-0.39, 0.29) is 0 Å². The van der Waals surface area contributed by atoms with E-state index < -0.39 is 0 Å². The second-order valence-electron chi connectivity index (χ2n) is 9.32. The average molecular weight is 799 g/mol. The summed E-state index contributed by atoms with van der Waals surface area (Å²) in [5.74, 6) is 0. The molecule has 18 nitrogen and oxygen atoms in total. The molecule has 60 heavy (non-hydrogen) atoms. The molecule has 0 saturated carbocycles. The molecule has 0 aliphatic rings. The van der Waals surface area contributed by atoms with E-state index in [1.807, 2.05) is 91.0 Å². The molecule has 0 saturated heterocycles. The van der Waals surface area contributed by atoms with Crippen molar-refractivity contribution in [3.05, 3.63) is 259 Å². The predicted molar refractivity (Wildman–Crippen MR) is 225 cm³/mol. The average Bonchev–Trinajstić information content (AvgIpc) is 3.41. The zero-order valence-electron chi connectivity index (χ0n) is 32.3. The molecule has 0 spiro atoms. The molecular weight excluding hydrogens is 757 g/mol. The van der Waals surface area contributed by atoms with Crippen molar-refractivity contribution in [2.45, 2.75) is 0 Å². The number of aromatic nitrogens is 18. The Morgan fingerprint density at radius 3 is 0.417 bits per heavy atom. The Morgan fingerprint density at radius 2 is 0.333 bits per heavy atom. The van der Waals surface area contributed by atoms with Crippen molar-refractivity contribution in [3.8, 4) is 0 Å². The van der Waals surface area contributed by atoms with Gasteiger partial charge in [0.15, 0.2) is 0 Å². The van der Waals surface area contributed by atoms with Gasteiger partial charge in [-0.2, -0.15) is 10.2 Å². The van der Waals surface area contributed by atoms with Crippen LogP contribution in [0.5, 0.6) is 0 Å². The number of pyridine rings is 3. The van der Waals surface area contributed by atoms with Crippen LogP contribution in [0.25, 0.3) is 0 Å². The van der Waals surface area contributed by atoms with Crippen LogP contribution >= 0.6 is 0 Å². The van der Waals surface area contributed by atoms with Gasteiger partial charge in [0.2, 0.25) is 0 Å². The van der Waals surface area contributed by atoms with Gasteiger partial charge in [-0.05, 0) is 54.6 Å². The molecule has 9 aromatic heterocycles. The van der Waals surface area contributed by atoms with Crippen LogP contribution in [0.15, 0.2) is 259 Å². The summed E-state index contributed by atoms with van der Waals surface area (Å²) in [7, 11) is 0. The van der Waals surface area contributed by atoms with E-state index in [4.69, 9.17) is 0 Å². The summed E-state index contributed by atoms with van der Waals surface area (Å²) in [6, 6.07) is 34.5. The van der Waals surface area contributed by atoms with Gasteiger partial charge in [-0.25, -0.2) is 54.8 Å². The van der Waals surface area contributed by atoms with Crippen molar-refractivity contribution in [1.29, 1.82) is 0 Å². The van der Waals surface area contributed by atoms with Gasteiger partial charge in [0.25, 0.3) is 0 Å². The highest BCUT2D eigenvalue weighted by atomic mass is 15.1. The Balaban J connectivity index is 0.000000333. The second kappa shape index (κ2) is 46.1.